The molecule has 0 fully saturated rings. The smallest absolute Gasteiger partial charge is 0.0931 e. The van der Waals surface area contributed by atoms with E-state index in [0.717, 1.165) is 17.5 Å². The summed E-state index contributed by atoms with van der Waals surface area (Å²) in [4.78, 5) is 1.26. The third-order valence-electron chi connectivity index (χ3n) is 2.11. The highest BCUT2D eigenvalue weighted by Crippen LogP contribution is 2.26. The molecule has 0 aliphatic rings. The molecule has 92 valence electrons. The molecule has 4 heteroatoms. The van der Waals surface area contributed by atoms with E-state index < -0.39 is 0 Å². The van der Waals surface area contributed by atoms with Crippen molar-refractivity contribution in [3.63, 3.8) is 0 Å². The topological polar surface area (TPSA) is 21.3 Å². The third-order valence-corrected chi connectivity index (χ3v) is 3.52. The maximum atomic E-state index is 5.89. The zero-order valence-corrected chi connectivity index (χ0v) is 11.9. The van der Waals surface area contributed by atoms with Crippen LogP contribution < -0.4 is 5.32 Å². The highest BCUT2D eigenvalue weighted by atomic mass is 35.5. The summed E-state index contributed by atoms with van der Waals surface area (Å²) in [6.45, 7) is 9.92. The molecule has 0 saturated heterocycles. The van der Waals surface area contributed by atoms with Gasteiger partial charge in [0.25, 0.3) is 0 Å². The van der Waals surface area contributed by atoms with Crippen molar-refractivity contribution in [2.24, 2.45) is 0 Å². The van der Waals surface area contributed by atoms with Gasteiger partial charge in [-0.15, -0.1) is 11.3 Å². The van der Waals surface area contributed by atoms with Gasteiger partial charge in [0.2, 0.25) is 0 Å². The Hall–Kier alpha value is -0.0900. The Bertz CT molecular complexity index is 319. The first kappa shape index (κ1) is 14.0. The van der Waals surface area contributed by atoms with Gasteiger partial charge in [-0.25, -0.2) is 0 Å². The molecule has 1 aromatic rings. The minimum atomic E-state index is -0.0584. The molecule has 1 atom stereocenters. The summed E-state index contributed by atoms with van der Waals surface area (Å²) < 4.78 is 6.48. The fourth-order valence-corrected chi connectivity index (χ4v) is 2.38. The van der Waals surface area contributed by atoms with Crippen LogP contribution in [0.1, 0.15) is 38.6 Å². The number of ether oxygens (including phenoxy) is 1. The van der Waals surface area contributed by atoms with Gasteiger partial charge in [0, 0.05) is 17.5 Å². The van der Waals surface area contributed by atoms with Gasteiger partial charge in [0.05, 0.1) is 16.5 Å². The zero-order valence-electron chi connectivity index (χ0n) is 10.3. The Labute approximate surface area is 107 Å². The summed E-state index contributed by atoms with van der Waals surface area (Å²) in [5, 5.41) is 3.41. The van der Waals surface area contributed by atoms with Crippen molar-refractivity contribution in [3.8, 4) is 0 Å². The highest BCUT2D eigenvalue weighted by molar-refractivity contribution is 7.16. The molecule has 1 unspecified atom stereocenters. The molecule has 16 heavy (non-hydrogen) atoms. The van der Waals surface area contributed by atoms with Crippen molar-refractivity contribution in [1.82, 2.24) is 5.32 Å². The number of hydrogen-bond acceptors (Lipinski definition) is 3. The molecule has 1 aromatic heterocycles. The average molecular weight is 262 g/mol. The number of hydrogen-bond donors (Lipinski definition) is 1. The largest absolute Gasteiger partial charge is 0.375 e. The van der Waals surface area contributed by atoms with Crippen molar-refractivity contribution in [2.75, 3.05) is 13.2 Å². The van der Waals surface area contributed by atoms with E-state index in [0.29, 0.717) is 6.04 Å². The first-order chi connectivity index (χ1) is 7.38. The van der Waals surface area contributed by atoms with Crippen LogP contribution in [0.15, 0.2) is 12.1 Å². The van der Waals surface area contributed by atoms with E-state index in [4.69, 9.17) is 16.3 Å². The van der Waals surface area contributed by atoms with E-state index in [-0.39, 0.29) is 5.60 Å². The van der Waals surface area contributed by atoms with Gasteiger partial charge in [-0.2, -0.15) is 0 Å². The van der Waals surface area contributed by atoms with Gasteiger partial charge < -0.3 is 10.1 Å². The van der Waals surface area contributed by atoms with E-state index in [9.17, 15) is 0 Å². The standard InChI is InChI=1S/C12H20ClNOS/c1-9(10-5-6-11(13)16-10)14-7-8-15-12(2,3)4/h5-6,9,14H,7-8H2,1-4H3. The predicted octanol–water partition coefficient (Wildman–Crippen LogP) is 3.87. The van der Waals surface area contributed by atoms with Gasteiger partial charge in [0.15, 0.2) is 0 Å². The molecule has 0 saturated carbocycles. The van der Waals surface area contributed by atoms with Crippen molar-refractivity contribution in [2.45, 2.75) is 39.3 Å². The second kappa shape index (κ2) is 6.01. The van der Waals surface area contributed by atoms with Crippen LogP contribution in [0.25, 0.3) is 0 Å². The van der Waals surface area contributed by atoms with Crippen LogP contribution in [0.5, 0.6) is 0 Å². The van der Waals surface area contributed by atoms with Crippen molar-refractivity contribution in [1.29, 1.82) is 0 Å². The Morgan fingerprint density at radius 2 is 2.12 bits per heavy atom. The van der Waals surface area contributed by atoms with E-state index in [1.54, 1.807) is 11.3 Å². The fourth-order valence-electron chi connectivity index (χ4n) is 1.29. The summed E-state index contributed by atoms with van der Waals surface area (Å²) in [6.07, 6.45) is 0. The molecule has 0 spiro atoms. The number of rotatable bonds is 5. The van der Waals surface area contributed by atoms with Crippen LogP contribution >= 0.6 is 22.9 Å². The molecule has 0 bridgehead atoms. The lowest BCUT2D eigenvalue weighted by atomic mass is 10.2. The van der Waals surface area contributed by atoms with Gasteiger partial charge in [-0.1, -0.05) is 11.6 Å². The number of thiophene rings is 1. The lowest BCUT2D eigenvalue weighted by molar-refractivity contribution is -0.00146. The molecule has 0 aliphatic carbocycles. The second-order valence-electron chi connectivity index (χ2n) is 4.78. The fraction of sp³-hybridized carbons (Fsp3) is 0.667. The van der Waals surface area contributed by atoms with E-state index in [1.807, 2.05) is 6.07 Å². The van der Waals surface area contributed by atoms with Crippen LogP contribution in [0.2, 0.25) is 4.34 Å². The monoisotopic (exact) mass is 261 g/mol. The molecule has 0 aromatic carbocycles. The summed E-state index contributed by atoms with van der Waals surface area (Å²) in [7, 11) is 0. The van der Waals surface area contributed by atoms with Crippen LogP contribution in [0, 0.1) is 0 Å². The molecule has 0 amide bonds. The minimum Gasteiger partial charge on any atom is -0.375 e. The molecule has 1 rings (SSSR count). The second-order valence-corrected chi connectivity index (χ2v) is 6.53. The zero-order chi connectivity index (χ0) is 12.2. The molecule has 0 aliphatic heterocycles. The van der Waals surface area contributed by atoms with Crippen LogP contribution in [0.4, 0.5) is 0 Å². The van der Waals surface area contributed by atoms with Gasteiger partial charge in [0.1, 0.15) is 0 Å². The normalized spacial score (nSPS) is 14.1. The molecular formula is C12H20ClNOS. The van der Waals surface area contributed by atoms with Crippen molar-refractivity contribution < 1.29 is 4.74 Å². The summed E-state index contributed by atoms with van der Waals surface area (Å²) in [5.74, 6) is 0. The molecule has 2 nitrogen and oxygen atoms in total. The van der Waals surface area contributed by atoms with E-state index in [1.165, 1.54) is 4.88 Å². The van der Waals surface area contributed by atoms with Crippen LogP contribution in [0.3, 0.4) is 0 Å². The van der Waals surface area contributed by atoms with E-state index in [2.05, 4.69) is 39.1 Å². The molecule has 1 heterocycles. The SMILES string of the molecule is CC(NCCOC(C)(C)C)c1ccc(Cl)s1. The van der Waals surface area contributed by atoms with E-state index >= 15 is 0 Å². The van der Waals surface area contributed by atoms with Crippen LogP contribution in [-0.2, 0) is 4.74 Å². The molecule has 1 N–H and O–H groups in total. The summed E-state index contributed by atoms with van der Waals surface area (Å²) in [6, 6.07) is 4.33. The lowest BCUT2D eigenvalue weighted by Crippen LogP contribution is -2.27. The van der Waals surface area contributed by atoms with Crippen molar-refractivity contribution in [3.05, 3.63) is 21.3 Å². The average Bonchev–Trinajstić information content (AvgIpc) is 2.57. The Morgan fingerprint density at radius 1 is 1.44 bits per heavy atom. The first-order valence-corrected chi connectivity index (χ1v) is 6.70. The van der Waals surface area contributed by atoms with Crippen LogP contribution in [-0.4, -0.2) is 18.8 Å². The predicted molar refractivity (Wildman–Crippen MR) is 71.5 cm³/mol. The summed E-state index contributed by atoms with van der Waals surface area (Å²) in [5.41, 5.74) is -0.0584. The van der Waals surface area contributed by atoms with Gasteiger partial charge >= 0.3 is 0 Å². The van der Waals surface area contributed by atoms with Gasteiger partial charge in [-0.3, -0.25) is 0 Å². The Morgan fingerprint density at radius 3 is 2.62 bits per heavy atom. The number of halogens is 1. The molecule has 0 radical (unpaired) electrons. The third kappa shape index (κ3) is 5.30. The maximum Gasteiger partial charge on any atom is 0.0931 e. The number of nitrogens with one attached hydrogen (secondary N) is 1. The molecular weight excluding hydrogens is 242 g/mol. The Kier molecular flexibility index (Phi) is 5.25. The summed E-state index contributed by atoms with van der Waals surface area (Å²) >= 11 is 7.51. The first-order valence-electron chi connectivity index (χ1n) is 5.51. The highest BCUT2D eigenvalue weighted by Gasteiger charge is 2.10. The minimum absolute atomic E-state index is 0.0584. The van der Waals surface area contributed by atoms with Crippen molar-refractivity contribution >= 4 is 22.9 Å². The quantitative estimate of drug-likeness (QED) is 0.813. The Balaban J connectivity index is 2.23. The lowest BCUT2D eigenvalue weighted by Gasteiger charge is -2.20. The van der Waals surface area contributed by atoms with Gasteiger partial charge in [-0.05, 0) is 39.8 Å². The maximum absolute atomic E-state index is 5.89.